The molecule has 1 aromatic rings. The fraction of sp³-hybridized carbons (Fsp3) is 0.600. The molecule has 6 heteroatoms. The Morgan fingerprint density at radius 2 is 1.86 bits per heavy atom. The SMILES string of the molecule is CCN(C(C)C)S(=O)(=O)c1cc(F)ccc1CNC(C)C. The molecule has 0 saturated heterocycles. The number of benzene rings is 1. The fourth-order valence-electron chi connectivity index (χ4n) is 2.17. The first kappa shape index (κ1) is 18.1. The molecule has 0 unspecified atom stereocenters. The van der Waals surface area contributed by atoms with Gasteiger partial charge in [0.25, 0.3) is 0 Å². The summed E-state index contributed by atoms with van der Waals surface area (Å²) in [5, 5.41) is 3.17. The smallest absolute Gasteiger partial charge is 0.243 e. The highest BCUT2D eigenvalue weighted by molar-refractivity contribution is 7.89. The first-order valence-electron chi connectivity index (χ1n) is 7.23. The van der Waals surface area contributed by atoms with Crippen LogP contribution in [0.2, 0.25) is 0 Å². The molecule has 0 aromatic heterocycles. The average Bonchev–Trinajstić information content (AvgIpc) is 2.36. The highest BCUT2D eigenvalue weighted by atomic mass is 32.2. The molecule has 1 aromatic carbocycles. The van der Waals surface area contributed by atoms with Gasteiger partial charge in [-0.1, -0.05) is 26.8 Å². The molecule has 0 aliphatic rings. The van der Waals surface area contributed by atoms with Crippen LogP contribution in [0.4, 0.5) is 4.39 Å². The fourth-order valence-corrected chi connectivity index (χ4v) is 4.05. The zero-order valence-corrected chi connectivity index (χ0v) is 14.2. The maximum atomic E-state index is 13.5. The third kappa shape index (κ3) is 4.49. The van der Waals surface area contributed by atoms with E-state index in [4.69, 9.17) is 0 Å². The highest BCUT2D eigenvalue weighted by Crippen LogP contribution is 2.23. The van der Waals surface area contributed by atoms with Crippen LogP contribution in [0.25, 0.3) is 0 Å². The van der Waals surface area contributed by atoms with Gasteiger partial charge in [0.2, 0.25) is 10.0 Å². The molecule has 0 bridgehead atoms. The third-order valence-electron chi connectivity index (χ3n) is 3.20. The number of hydrogen-bond donors (Lipinski definition) is 1. The second-order valence-corrected chi connectivity index (χ2v) is 7.45. The van der Waals surface area contributed by atoms with Gasteiger partial charge < -0.3 is 5.32 Å². The normalized spacial score (nSPS) is 12.6. The number of nitrogens with zero attached hydrogens (tertiary/aromatic N) is 1. The largest absolute Gasteiger partial charge is 0.310 e. The van der Waals surface area contributed by atoms with Crippen molar-refractivity contribution in [2.75, 3.05) is 6.54 Å². The van der Waals surface area contributed by atoms with Crippen LogP contribution in [0.1, 0.15) is 40.2 Å². The van der Waals surface area contributed by atoms with Crippen LogP contribution in [0, 0.1) is 5.82 Å². The van der Waals surface area contributed by atoms with Crippen molar-refractivity contribution in [2.24, 2.45) is 0 Å². The molecule has 1 rings (SSSR count). The minimum Gasteiger partial charge on any atom is -0.310 e. The highest BCUT2D eigenvalue weighted by Gasteiger charge is 2.28. The van der Waals surface area contributed by atoms with E-state index in [-0.39, 0.29) is 17.0 Å². The topological polar surface area (TPSA) is 49.4 Å². The van der Waals surface area contributed by atoms with Crippen LogP contribution in [0.5, 0.6) is 0 Å². The molecule has 120 valence electrons. The first-order chi connectivity index (χ1) is 9.70. The van der Waals surface area contributed by atoms with Crippen molar-refractivity contribution in [3.8, 4) is 0 Å². The van der Waals surface area contributed by atoms with Crippen molar-refractivity contribution >= 4 is 10.0 Å². The lowest BCUT2D eigenvalue weighted by Gasteiger charge is -2.25. The lowest BCUT2D eigenvalue weighted by molar-refractivity contribution is 0.368. The maximum absolute atomic E-state index is 13.5. The van der Waals surface area contributed by atoms with Gasteiger partial charge in [-0.15, -0.1) is 0 Å². The van der Waals surface area contributed by atoms with E-state index in [2.05, 4.69) is 5.32 Å². The van der Waals surface area contributed by atoms with E-state index in [0.29, 0.717) is 18.7 Å². The van der Waals surface area contributed by atoms with Crippen LogP contribution < -0.4 is 5.32 Å². The summed E-state index contributed by atoms with van der Waals surface area (Å²) < 4.78 is 40.4. The molecule has 21 heavy (non-hydrogen) atoms. The van der Waals surface area contributed by atoms with Gasteiger partial charge in [-0.25, -0.2) is 12.8 Å². The average molecular weight is 316 g/mol. The Morgan fingerprint density at radius 1 is 1.24 bits per heavy atom. The number of rotatable bonds is 7. The van der Waals surface area contributed by atoms with E-state index in [9.17, 15) is 12.8 Å². The summed E-state index contributed by atoms with van der Waals surface area (Å²) in [7, 11) is -3.70. The number of sulfonamides is 1. The van der Waals surface area contributed by atoms with Crippen LogP contribution >= 0.6 is 0 Å². The zero-order chi connectivity index (χ0) is 16.2. The molecule has 0 radical (unpaired) electrons. The molecule has 0 fully saturated rings. The van der Waals surface area contributed by atoms with Gasteiger partial charge in [-0.05, 0) is 31.5 Å². The first-order valence-corrected chi connectivity index (χ1v) is 8.67. The van der Waals surface area contributed by atoms with Crippen molar-refractivity contribution in [3.05, 3.63) is 29.6 Å². The van der Waals surface area contributed by atoms with E-state index < -0.39 is 15.8 Å². The van der Waals surface area contributed by atoms with Crippen LogP contribution in [0.3, 0.4) is 0 Å². The molecule has 0 aliphatic heterocycles. The minimum absolute atomic E-state index is 0.0474. The Kier molecular flexibility index (Phi) is 6.31. The summed E-state index contributed by atoms with van der Waals surface area (Å²) in [6.45, 7) is 10.1. The van der Waals surface area contributed by atoms with Gasteiger partial charge in [0.05, 0.1) is 4.90 Å². The van der Waals surface area contributed by atoms with Crippen molar-refractivity contribution < 1.29 is 12.8 Å². The summed E-state index contributed by atoms with van der Waals surface area (Å²) >= 11 is 0. The molecule has 0 saturated carbocycles. The Bertz CT molecular complexity index is 571. The monoisotopic (exact) mass is 316 g/mol. The summed E-state index contributed by atoms with van der Waals surface area (Å²) in [6.07, 6.45) is 0. The number of hydrogen-bond acceptors (Lipinski definition) is 3. The molecular formula is C15H25FN2O2S. The Morgan fingerprint density at radius 3 is 2.33 bits per heavy atom. The molecular weight excluding hydrogens is 291 g/mol. The summed E-state index contributed by atoms with van der Waals surface area (Å²) in [6, 6.07) is 3.98. The lowest BCUT2D eigenvalue weighted by Crippen LogP contribution is -2.37. The van der Waals surface area contributed by atoms with Gasteiger partial charge in [0.1, 0.15) is 5.82 Å². The molecule has 0 heterocycles. The number of nitrogens with one attached hydrogen (secondary N) is 1. The summed E-state index contributed by atoms with van der Waals surface area (Å²) in [5.74, 6) is -0.540. The molecule has 0 spiro atoms. The lowest BCUT2D eigenvalue weighted by atomic mass is 10.2. The predicted octanol–water partition coefficient (Wildman–Crippen LogP) is 2.74. The zero-order valence-electron chi connectivity index (χ0n) is 13.4. The van der Waals surface area contributed by atoms with E-state index in [1.165, 1.54) is 16.4 Å². The van der Waals surface area contributed by atoms with E-state index in [1.54, 1.807) is 6.92 Å². The van der Waals surface area contributed by atoms with Gasteiger partial charge in [-0.2, -0.15) is 4.31 Å². The van der Waals surface area contributed by atoms with Gasteiger partial charge in [0.15, 0.2) is 0 Å². The van der Waals surface area contributed by atoms with Crippen molar-refractivity contribution in [1.82, 2.24) is 9.62 Å². The van der Waals surface area contributed by atoms with Crippen molar-refractivity contribution in [1.29, 1.82) is 0 Å². The molecule has 0 atom stereocenters. The molecule has 0 aliphatic carbocycles. The van der Waals surface area contributed by atoms with Crippen molar-refractivity contribution in [3.63, 3.8) is 0 Å². The molecule has 1 N–H and O–H groups in total. The Hall–Kier alpha value is -0.980. The minimum atomic E-state index is -3.70. The Balaban J connectivity index is 3.29. The second kappa shape index (κ2) is 7.33. The Labute approximate surface area is 127 Å². The van der Waals surface area contributed by atoms with Gasteiger partial charge in [0, 0.05) is 25.2 Å². The second-order valence-electron chi connectivity index (χ2n) is 5.59. The predicted molar refractivity (Wildman–Crippen MR) is 83.1 cm³/mol. The van der Waals surface area contributed by atoms with Crippen molar-refractivity contribution in [2.45, 2.75) is 58.1 Å². The van der Waals surface area contributed by atoms with Crippen LogP contribution in [-0.2, 0) is 16.6 Å². The third-order valence-corrected chi connectivity index (χ3v) is 5.44. The van der Waals surface area contributed by atoms with E-state index in [1.807, 2.05) is 27.7 Å². The summed E-state index contributed by atoms with van der Waals surface area (Å²) in [5.41, 5.74) is 0.587. The molecule has 4 nitrogen and oxygen atoms in total. The summed E-state index contributed by atoms with van der Waals surface area (Å²) in [4.78, 5) is 0.0474. The van der Waals surface area contributed by atoms with Crippen LogP contribution in [-0.4, -0.2) is 31.4 Å². The maximum Gasteiger partial charge on any atom is 0.243 e. The van der Waals surface area contributed by atoms with E-state index in [0.717, 1.165) is 6.07 Å². The van der Waals surface area contributed by atoms with E-state index >= 15 is 0 Å². The number of halogens is 1. The van der Waals surface area contributed by atoms with Gasteiger partial charge in [-0.3, -0.25) is 0 Å². The van der Waals surface area contributed by atoms with Gasteiger partial charge >= 0.3 is 0 Å². The quantitative estimate of drug-likeness (QED) is 0.841. The standard InChI is InChI=1S/C15H25FN2O2S/c1-6-18(12(4)5)21(19,20)15-9-14(16)8-7-13(15)10-17-11(2)3/h7-9,11-12,17H,6,10H2,1-5H3. The van der Waals surface area contributed by atoms with Crippen LogP contribution in [0.15, 0.2) is 23.1 Å². The molecule has 0 amide bonds.